The molecule has 0 aliphatic rings. The van der Waals surface area contributed by atoms with E-state index in [1.54, 1.807) is 0 Å². The maximum absolute atomic E-state index is 9.34. The molecule has 7 nitrogen and oxygen atoms in total. The van der Waals surface area contributed by atoms with Gasteiger partial charge in [0.25, 0.3) is 0 Å². The molecule has 1 atom stereocenters. The minimum absolute atomic E-state index is 0. The summed E-state index contributed by atoms with van der Waals surface area (Å²) in [6.45, 7) is 1.13. The van der Waals surface area contributed by atoms with Crippen LogP contribution in [0.15, 0.2) is 0 Å². The summed E-state index contributed by atoms with van der Waals surface area (Å²) in [5.74, 6) is -1.44. The van der Waals surface area contributed by atoms with Gasteiger partial charge < -0.3 is 24.1 Å². The predicted molar refractivity (Wildman–Crippen MR) is 38.7 cm³/mol. The van der Waals surface area contributed by atoms with Crippen LogP contribution in [0.4, 0.5) is 0 Å². The van der Waals surface area contributed by atoms with Gasteiger partial charge in [-0.2, -0.15) is 0 Å². The summed E-state index contributed by atoms with van der Waals surface area (Å²) >= 11 is 0. The van der Waals surface area contributed by atoms with E-state index in [4.69, 9.17) is 22.6 Å². The van der Waals surface area contributed by atoms with Crippen LogP contribution < -0.4 is 5.11 Å². The maximum atomic E-state index is 9.34. The normalized spacial score (nSPS) is 10.8. The third kappa shape index (κ3) is 57.0. The van der Waals surface area contributed by atoms with E-state index < -0.39 is 22.5 Å². The third-order valence-corrected chi connectivity index (χ3v) is 0.341. The van der Waals surface area contributed by atoms with E-state index in [0.717, 1.165) is 6.92 Å². The minimum atomic E-state index is -5.17. The Morgan fingerprint density at radius 1 is 1.31 bits per heavy atom. The van der Waals surface area contributed by atoms with Gasteiger partial charge >= 0.3 is 75.5 Å². The molecule has 13 heavy (non-hydrogen) atoms. The molecular formula is C3H5Ca2O7S+. The summed E-state index contributed by atoms with van der Waals surface area (Å²) < 4.78 is 34.1. The number of carbonyl (C=O) groups excluding carboxylic acids is 1. The predicted octanol–water partition coefficient (Wildman–Crippen LogP) is -3.98. The van der Waals surface area contributed by atoms with Gasteiger partial charge in [-0.15, -0.1) is 0 Å². The van der Waals surface area contributed by atoms with Crippen molar-refractivity contribution in [2.45, 2.75) is 13.0 Å². The molecule has 0 aromatic carbocycles. The second kappa shape index (κ2) is 11.9. The first-order valence-electron chi connectivity index (χ1n) is 2.20. The molecule has 0 saturated heterocycles. The topological polar surface area (TPSA) is 141 Å². The zero-order valence-electron chi connectivity index (χ0n) is 6.80. The zero-order chi connectivity index (χ0) is 9.65. The number of carboxylic acid groups (broad SMARTS) is 1. The maximum Gasteiger partial charge on any atom is 2.00 e. The number of hydrogen-bond acceptors (Lipinski definition) is 7. The number of aliphatic hydroxyl groups is 1. The minimum Gasteiger partial charge on any atom is -0.759 e. The molecule has 0 radical (unpaired) electrons. The van der Waals surface area contributed by atoms with Gasteiger partial charge in [0.2, 0.25) is 0 Å². The van der Waals surface area contributed by atoms with Gasteiger partial charge in [-0.1, -0.05) is 0 Å². The first-order chi connectivity index (χ1) is 4.64. The molecule has 0 fully saturated rings. The molecule has 1 unspecified atom stereocenters. The van der Waals surface area contributed by atoms with E-state index in [9.17, 15) is 9.90 Å². The van der Waals surface area contributed by atoms with Crippen molar-refractivity contribution in [3.8, 4) is 0 Å². The molecular weight excluding hydrogens is 260 g/mol. The monoisotopic (exact) mass is 265 g/mol. The second-order valence-electron chi connectivity index (χ2n) is 1.40. The van der Waals surface area contributed by atoms with Crippen LogP contribution in [0.25, 0.3) is 0 Å². The van der Waals surface area contributed by atoms with Crippen molar-refractivity contribution in [3.63, 3.8) is 0 Å². The Bertz CT molecular complexity index is 202. The van der Waals surface area contributed by atoms with Crippen LogP contribution in [0.3, 0.4) is 0 Å². The number of carbonyl (C=O) groups is 1. The SMILES string of the molecule is CC(O)C(=O)[O-].O=S(=O)([O-])[O-].[Ca+2].[Ca+2]. The molecule has 1 N–H and O–H groups in total. The van der Waals surface area contributed by atoms with Crippen LogP contribution in [0.1, 0.15) is 6.92 Å². The first kappa shape index (κ1) is 24.2. The van der Waals surface area contributed by atoms with E-state index in [1.807, 2.05) is 0 Å². The number of aliphatic carboxylic acids is 1. The quantitative estimate of drug-likeness (QED) is 0.289. The van der Waals surface area contributed by atoms with Crippen molar-refractivity contribution in [2.75, 3.05) is 0 Å². The Morgan fingerprint density at radius 3 is 1.38 bits per heavy atom. The molecule has 0 aliphatic heterocycles. The summed E-state index contributed by atoms with van der Waals surface area (Å²) in [4.78, 5) is 9.34. The Balaban J connectivity index is -0.0000000546. The van der Waals surface area contributed by atoms with Crippen molar-refractivity contribution in [1.29, 1.82) is 0 Å². The molecule has 0 rings (SSSR count). The molecule has 0 aromatic heterocycles. The van der Waals surface area contributed by atoms with Gasteiger partial charge in [0.05, 0.1) is 12.1 Å². The average Bonchev–Trinajstić information content (AvgIpc) is 1.59. The molecule has 0 bridgehead atoms. The standard InChI is InChI=1S/C3H6O3.2Ca.H2O4S/c1-2(4)3(5)6;;;1-5(2,3)4/h2,4H,1H3,(H,5,6);;;(H2,1,2,3,4)/q;2*+2;/p-3. The van der Waals surface area contributed by atoms with Crippen molar-refractivity contribution in [2.24, 2.45) is 0 Å². The van der Waals surface area contributed by atoms with E-state index in [1.165, 1.54) is 0 Å². The van der Waals surface area contributed by atoms with Crippen LogP contribution in [-0.2, 0) is 15.2 Å². The average molecular weight is 265 g/mol. The van der Waals surface area contributed by atoms with Crippen LogP contribution in [0.5, 0.6) is 0 Å². The summed E-state index contributed by atoms with van der Waals surface area (Å²) in [6, 6.07) is 0. The summed E-state index contributed by atoms with van der Waals surface area (Å²) in [6.07, 6.45) is -1.34. The van der Waals surface area contributed by atoms with E-state index in [0.29, 0.717) is 0 Å². The van der Waals surface area contributed by atoms with Gasteiger partial charge in [0.15, 0.2) is 0 Å². The van der Waals surface area contributed by atoms with Crippen LogP contribution in [-0.4, -0.2) is 110 Å². The van der Waals surface area contributed by atoms with Gasteiger partial charge in [-0.25, -0.2) is 0 Å². The molecule has 0 spiro atoms. The van der Waals surface area contributed by atoms with Crippen molar-refractivity contribution < 1.29 is 32.5 Å². The summed E-state index contributed by atoms with van der Waals surface area (Å²) in [5.41, 5.74) is 0. The second-order valence-corrected chi connectivity index (χ2v) is 2.22. The van der Waals surface area contributed by atoms with Gasteiger partial charge in [0, 0.05) is 10.4 Å². The fourth-order valence-corrected chi connectivity index (χ4v) is 0. The third-order valence-electron chi connectivity index (χ3n) is 0.341. The Morgan fingerprint density at radius 2 is 1.38 bits per heavy atom. The molecule has 0 aromatic rings. The Labute approximate surface area is 135 Å². The molecule has 0 amide bonds. The smallest absolute Gasteiger partial charge is 0.759 e. The van der Waals surface area contributed by atoms with Gasteiger partial charge in [0.1, 0.15) is 0 Å². The van der Waals surface area contributed by atoms with E-state index >= 15 is 0 Å². The largest absolute Gasteiger partial charge is 2.00 e. The Hall–Kier alpha value is 1.82. The van der Waals surface area contributed by atoms with Crippen LogP contribution in [0, 0.1) is 0 Å². The molecule has 0 saturated carbocycles. The van der Waals surface area contributed by atoms with Crippen LogP contribution >= 0.6 is 0 Å². The van der Waals surface area contributed by atoms with Crippen LogP contribution in [0.2, 0.25) is 0 Å². The fourth-order valence-electron chi connectivity index (χ4n) is 0. The number of rotatable bonds is 1. The summed E-state index contributed by atoms with van der Waals surface area (Å²) in [5, 5.41) is 17.3. The molecule has 0 aliphatic carbocycles. The molecule has 68 valence electrons. The summed E-state index contributed by atoms with van der Waals surface area (Å²) in [7, 11) is -5.17. The van der Waals surface area contributed by atoms with E-state index in [-0.39, 0.29) is 75.5 Å². The van der Waals surface area contributed by atoms with Crippen molar-refractivity contribution in [1.82, 2.24) is 0 Å². The number of carboxylic acids is 1. The van der Waals surface area contributed by atoms with Crippen molar-refractivity contribution >= 4 is 91.8 Å². The number of hydrogen-bond donors (Lipinski definition) is 1. The van der Waals surface area contributed by atoms with Crippen molar-refractivity contribution in [3.05, 3.63) is 0 Å². The molecule has 10 heteroatoms. The first-order valence-corrected chi connectivity index (χ1v) is 3.53. The molecule has 0 heterocycles. The van der Waals surface area contributed by atoms with E-state index in [2.05, 4.69) is 0 Å². The van der Waals surface area contributed by atoms with Gasteiger partial charge in [-0.3, -0.25) is 8.42 Å². The van der Waals surface area contributed by atoms with Gasteiger partial charge in [-0.05, 0) is 6.92 Å². The zero-order valence-corrected chi connectivity index (χ0v) is 12.0. The number of aliphatic hydroxyl groups excluding tert-OH is 1. The fraction of sp³-hybridized carbons (Fsp3) is 0.667. The Kier molecular flexibility index (Phi) is 22.1.